The number of methoxy groups -OCH3 is 1. The molecular formula is C15H20N2O4S2. The van der Waals surface area contributed by atoms with Crippen LogP contribution in [0.2, 0.25) is 0 Å². The number of amides is 2. The number of benzene rings is 1. The number of nitrogens with two attached hydrogens (primary N) is 1. The van der Waals surface area contributed by atoms with Gasteiger partial charge in [-0.1, -0.05) is 39.8 Å². The molecule has 1 rings (SSSR count). The van der Waals surface area contributed by atoms with Crippen molar-refractivity contribution in [3.8, 4) is 0 Å². The van der Waals surface area contributed by atoms with Gasteiger partial charge in [0.05, 0.1) is 17.6 Å². The normalized spacial score (nSPS) is 12.3. The Morgan fingerprint density at radius 3 is 2.39 bits per heavy atom. The fourth-order valence-electron chi connectivity index (χ4n) is 1.73. The maximum atomic E-state index is 12.3. The van der Waals surface area contributed by atoms with Crippen molar-refractivity contribution in [2.45, 2.75) is 24.6 Å². The molecule has 23 heavy (non-hydrogen) atoms. The van der Waals surface area contributed by atoms with Crippen LogP contribution in [-0.4, -0.2) is 41.4 Å². The van der Waals surface area contributed by atoms with Gasteiger partial charge in [-0.05, 0) is 26.0 Å². The molecule has 0 spiro atoms. The summed E-state index contributed by atoms with van der Waals surface area (Å²) in [6, 6.07) is 7.73. The molecular weight excluding hydrogens is 336 g/mol. The summed E-state index contributed by atoms with van der Waals surface area (Å²) in [6.07, 6.45) is 0. The lowest BCUT2D eigenvalue weighted by Crippen LogP contribution is -2.52. The molecule has 1 atom stereocenters. The second kappa shape index (κ2) is 8.83. The third-order valence-corrected chi connectivity index (χ3v) is 6.10. The summed E-state index contributed by atoms with van der Waals surface area (Å²) in [4.78, 5) is 35.2. The zero-order valence-corrected chi connectivity index (χ0v) is 14.8. The van der Waals surface area contributed by atoms with Crippen LogP contribution in [0, 0.1) is 0 Å². The van der Waals surface area contributed by atoms with Crippen molar-refractivity contribution in [1.82, 2.24) is 5.32 Å². The van der Waals surface area contributed by atoms with E-state index >= 15 is 0 Å². The average molecular weight is 356 g/mol. The third kappa shape index (κ3) is 6.15. The first kappa shape index (κ1) is 19.4. The lowest BCUT2D eigenvalue weighted by atomic mass is 10.0. The minimum Gasteiger partial charge on any atom is -0.467 e. The smallest absolute Gasteiger partial charge is 0.329 e. The predicted molar refractivity (Wildman–Crippen MR) is 93.0 cm³/mol. The number of hydrogen-bond acceptors (Lipinski definition) is 6. The summed E-state index contributed by atoms with van der Waals surface area (Å²) in [5.74, 6) is -1.24. The van der Waals surface area contributed by atoms with Crippen molar-refractivity contribution >= 4 is 39.4 Å². The first-order valence-electron chi connectivity index (χ1n) is 6.80. The molecule has 0 saturated carbocycles. The van der Waals surface area contributed by atoms with Gasteiger partial charge in [0.15, 0.2) is 0 Å². The minimum atomic E-state index is -0.870. The van der Waals surface area contributed by atoms with Gasteiger partial charge in [-0.25, -0.2) is 4.79 Å². The zero-order chi connectivity index (χ0) is 17.5. The monoisotopic (exact) mass is 356 g/mol. The highest BCUT2D eigenvalue weighted by Crippen LogP contribution is 2.38. The van der Waals surface area contributed by atoms with Gasteiger partial charge < -0.3 is 15.8 Å². The number of carbonyl (C=O) groups is 3. The molecule has 8 heteroatoms. The molecule has 0 aliphatic rings. The van der Waals surface area contributed by atoms with E-state index in [1.807, 2.05) is 0 Å². The van der Waals surface area contributed by atoms with Crippen molar-refractivity contribution < 1.29 is 19.1 Å². The number of esters is 1. The molecule has 0 radical (unpaired) electrons. The van der Waals surface area contributed by atoms with Crippen molar-refractivity contribution in [3.05, 3.63) is 35.9 Å². The van der Waals surface area contributed by atoms with Crippen LogP contribution in [0.15, 0.2) is 30.3 Å². The quantitative estimate of drug-likeness (QED) is 0.542. The van der Waals surface area contributed by atoms with Crippen molar-refractivity contribution in [1.29, 1.82) is 0 Å². The van der Waals surface area contributed by atoms with Gasteiger partial charge in [-0.15, -0.1) is 0 Å². The molecule has 126 valence electrons. The van der Waals surface area contributed by atoms with Crippen LogP contribution in [0.25, 0.3) is 0 Å². The maximum absolute atomic E-state index is 12.3. The first-order valence-corrected chi connectivity index (χ1v) is 9.12. The molecule has 0 saturated heterocycles. The fraction of sp³-hybridized carbons (Fsp3) is 0.400. The second-order valence-electron chi connectivity index (χ2n) is 5.21. The zero-order valence-electron chi connectivity index (χ0n) is 13.2. The van der Waals surface area contributed by atoms with E-state index in [4.69, 9.17) is 10.5 Å². The van der Waals surface area contributed by atoms with Crippen molar-refractivity contribution in [2.75, 3.05) is 12.9 Å². The molecule has 6 nitrogen and oxygen atoms in total. The lowest BCUT2D eigenvalue weighted by molar-refractivity contribution is -0.143. The Morgan fingerprint density at radius 2 is 1.87 bits per heavy atom. The average Bonchev–Trinajstić information content (AvgIpc) is 2.51. The number of carbonyl (C=O) groups excluding carboxylic acids is 3. The second-order valence-corrected chi connectivity index (χ2v) is 8.16. The van der Waals surface area contributed by atoms with E-state index < -0.39 is 22.7 Å². The van der Waals surface area contributed by atoms with E-state index in [9.17, 15) is 14.4 Å². The number of rotatable bonds is 8. The highest BCUT2D eigenvalue weighted by molar-refractivity contribution is 8.77. The summed E-state index contributed by atoms with van der Waals surface area (Å²) in [5.41, 5.74) is 5.56. The van der Waals surface area contributed by atoms with E-state index in [1.54, 1.807) is 44.2 Å². The Labute approximate surface area is 143 Å². The van der Waals surface area contributed by atoms with Crippen LogP contribution in [0.3, 0.4) is 0 Å². The van der Waals surface area contributed by atoms with Gasteiger partial charge in [0.1, 0.15) is 6.04 Å². The molecule has 0 fully saturated rings. The summed E-state index contributed by atoms with van der Waals surface area (Å²) in [6.45, 7) is 3.58. The van der Waals surface area contributed by atoms with Gasteiger partial charge in [-0.3, -0.25) is 9.59 Å². The van der Waals surface area contributed by atoms with Gasteiger partial charge in [0.25, 0.3) is 5.91 Å². The largest absolute Gasteiger partial charge is 0.467 e. The minimum absolute atomic E-state index is 0.120. The maximum Gasteiger partial charge on any atom is 0.329 e. The number of ether oxygens (including phenoxy) is 1. The molecule has 0 aliphatic heterocycles. The van der Waals surface area contributed by atoms with Gasteiger partial charge in [0.2, 0.25) is 5.91 Å². The molecule has 3 N–H and O–H groups in total. The Bertz CT molecular complexity index is 564. The number of primary amides is 1. The van der Waals surface area contributed by atoms with Crippen molar-refractivity contribution in [2.24, 2.45) is 5.73 Å². The van der Waals surface area contributed by atoms with E-state index in [0.717, 1.165) is 0 Å². The van der Waals surface area contributed by atoms with E-state index in [0.29, 0.717) is 5.56 Å². The standard InChI is InChI=1S/C15H20N2O4S2/c1-15(2,23-22-9-11(16)18)12(14(20)21-3)17-13(19)10-7-5-4-6-8-10/h4-8,12H,9H2,1-3H3,(H2,16,18)(H,17,19)/t12-/m0/s1. The molecule has 0 aromatic heterocycles. The molecule has 1 aromatic carbocycles. The highest BCUT2D eigenvalue weighted by Gasteiger charge is 2.38. The summed E-state index contributed by atoms with van der Waals surface area (Å²) < 4.78 is 4.10. The summed E-state index contributed by atoms with van der Waals surface area (Å²) in [5, 5.41) is 2.70. The number of nitrogens with one attached hydrogen (secondary N) is 1. The SMILES string of the molecule is COC(=O)[C@H](NC(=O)c1ccccc1)C(C)(C)SSCC(N)=O. The molecule has 0 unspecified atom stereocenters. The molecule has 0 bridgehead atoms. The summed E-state index contributed by atoms with van der Waals surface area (Å²) in [7, 11) is 3.79. The van der Waals surface area contributed by atoms with Crippen LogP contribution in [0.1, 0.15) is 24.2 Å². The van der Waals surface area contributed by atoms with Crippen LogP contribution >= 0.6 is 21.6 Å². The van der Waals surface area contributed by atoms with Gasteiger partial charge >= 0.3 is 5.97 Å². The molecule has 0 aliphatic carbocycles. The molecule has 2 amide bonds. The topological polar surface area (TPSA) is 98.5 Å². The Kier molecular flexibility index (Phi) is 7.44. The van der Waals surface area contributed by atoms with Gasteiger partial charge in [0, 0.05) is 5.56 Å². The number of hydrogen-bond donors (Lipinski definition) is 2. The first-order chi connectivity index (χ1) is 10.8. The Morgan fingerprint density at radius 1 is 1.26 bits per heavy atom. The van der Waals surface area contributed by atoms with Crippen LogP contribution in [0.5, 0.6) is 0 Å². The van der Waals surface area contributed by atoms with Crippen LogP contribution < -0.4 is 11.1 Å². The Balaban J connectivity index is 2.84. The summed E-state index contributed by atoms with van der Waals surface area (Å²) >= 11 is 0. The van der Waals surface area contributed by atoms with Crippen LogP contribution in [0.4, 0.5) is 0 Å². The third-order valence-electron chi connectivity index (χ3n) is 2.92. The van der Waals surface area contributed by atoms with E-state index in [2.05, 4.69) is 5.32 Å². The van der Waals surface area contributed by atoms with Crippen molar-refractivity contribution in [3.63, 3.8) is 0 Å². The predicted octanol–water partition coefficient (Wildman–Crippen LogP) is 1.60. The van der Waals surface area contributed by atoms with E-state index in [1.165, 1.54) is 28.7 Å². The van der Waals surface area contributed by atoms with E-state index in [-0.39, 0.29) is 11.7 Å². The lowest BCUT2D eigenvalue weighted by Gasteiger charge is -2.31. The Hall–Kier alpha value is -1.67. The molecule has 1 aromatic rings. The molecule has 0 heterocycles. The van der Waals surface area contributed by atoms with Crippen LogP contribution in [-0.2, 0) is 14.3 Å². The fourth-order valence-corrected chi connectivity index (χ4v) is 4.18. The highest BCUT2D eigenvalue weighted by atomic mass is 33.1. The van der Waals surface area contributed by atoms with Gasteiger partial charge in [-0.2, -0.15) is 0 Å².